The molecule has 1 aliphatic rings. The highest BCUT2D eigenvalue weighted by Gasteiger charge is 2.34. The highest BCUT2D eigenvalue weighted by molar-refractivity contribution is 7.99. The van der Waals surface area contributed by atoms with Crippen molar-refractivity contribution in [1.82, 2.24) is 15.0 Å². The largest absolute Gasteiger partial charge is 0.469 e. The molecule has 0 aliphatic carbocycles. The maximum Gasteiger partial charge on any atom is 0.311 e. The van der Waals surface area contributed by atoms with Gasteiger partial charge in [0.15, 0.2) is 5.16 Å². The predicted molar refractivity (Wildman–Crippen MR) is 122 cm³/mol. The second kappa shape index (κ2) is 9.86. The Hall–Kier alpha value is -3.66. The van der Waals surface area contributed by atoms with Crippen molar-refractivity contribution in [3.63, 3.8) is 0 Å². The van der Waals surface area contributed by atoms with Crippen molar-refractivity contribution in [1.29, 1.82) is 0 Å². The number of aryl methyl sites for hydroxylation is 1. The smallest absolute Gasteiger partial charge is 0.311 e. The maximum atomic E-state index is 13.1. The third-order valence-electron chi connectivity index (χ3n) is 5.08. The summed E-state index contributed by atoms with van der Waals surface area (Å²) in [7, 11) is 1.26. The standard InChI is InChI=1S/C23H22N4O5S/c1-14-5-7-15(8-6-14)17-12-18(19-4-3-9-32-19)27(26-17)21(29)13-33-23-24-16(10-20(28)25-23)11-22(30)31-2/h3-10,18H,11-13H2,1-2H3,(H,24,25,28)/t18-/m1/s1. The van der Waals surface area contributed by atoms with Gasteiger partial charge in [0.2, 0.25) is 0 Å². The molecular formula is C23H22N4O5S. The fraction of sp³-hybridized carbons (Fsp3) is 0.261. The van der Waals surface area contributed by atoms with Crippen molar-refractivity contribution in [3.8, 4) is 0 Å². The third-order valence-corrected chi connectivity index (χ3v) is 5.94. The minimum absolute atomic E-state index is 0.00744. The van der Waals surface area contributed by atoms with Gasteiger partial charge in [-0.2, -0.15) is 5.10 Å². The molecule has 0 fully saturated rings. The van der Waals surface area contributed by atoms with Gasteiger partial charge in [-0.1, -0.05) is 41.6 Å². The lowest BCUT2D eigenvalue weighted by Gasteiger charge is -2.19. The molecule has 33 heavy (non-hydrogen) atoms. The van der Waals surface area contributed by atoms with Crippen molar-refractivity contribution in [2.24, 2.45) is 5.10 Å². The number of amides is 1. The van der Waals surface area contributed by atoms with Gasteiger partial charge in [0.05, 0.1) is 37.0 Å². The molecule has 3 heterocycles. The van der Waals surface area contributed by atoms with Gasteiger partial charge in [-0.25, -0.2) is 9.99 Å². The molecule has 0 spiro atoms. The molecular weight excluding hydrogens is 444 g/mol. The molecule has 0 saturated heterocycles. The molecule has 1 aromatic carbocycles. The number of hydrogen-bond acceptors (Lipinski definition) is 8. The summed E-state index contributed by atoms with van der Waals surface area (Å²) in [6, 6.07) is 12.4. The third kappa shape index (κ3) is 5.40. The molecule has 0 radical (unpaired) electrons. The molecule has 9 nitrogen and oxygen atoms in total. The van der Waals surface area contributed by atoms with Gasteiger partial charge in [-0.05, 0) is 24.6 Å². The molecule has 10 heteroatoms. The average molecular weight is 467 g/mol. The molecule has 0 saturated carbocycles. The summed E-state index contributed by atoms with van der Waals surface area (Å²) in [6.45, 7) is 2.01. The average Bonchev–Trinajstić information content (AvgIpc) is 3.47. The van der Waals surface area contributed by atoms with Crippen LogP contribution in [-0.2, 0) is 20.7 Å². The zero-order chi connectivity index (χ0) is 23.4. The van der Waals surface area contributed by atoms with Crippen LogP contribution in [0.4, 0.5) is 0 Å². The van der Waals surface area contributed by atoms with Crippen LogP contribution in [0.2, 0.25) is 0 Å². The highest BCUT2D eigenvalue weighted by atomic mass is 32.2. The van der Waals surface area contributed by atoms with Crippen LogP contribution in [0.15, 0.2) is 68.2 Å². The van der Waals surface area contributed by atoms with Crippen molar-refractivity contribution in [2.45, 2.75) is 31.0 Å². The number of ether oxygens (including phenoxy) is 1. The van der Waals surface area contributed by atoms with Crippen molar-refractivity contribution in [2.75, 3.05) is 12.9 Å². The van der Waals surface area contributed by atoms with Crippen LogP contribution < -0.4 is 5.56 Å². The number of rotatable bonds is 7. The van der Waals surface area contributed by atoms with Crippen LogP contribution in [0.1, 0.15) is 35.0 Å². The van der Waals surface area contributed by atoms with Gasteiger partial charge in [0, 0.05) is 12.5 Å². The van der Waals surface area contributed by atoms with Gasteiger partial charge in [0.25, 0.3) is 11.5 Å². The number of methoxy groups -OCH3 is 1. The second-order valence-corrected chi connectivity index (χ2v) is 8.43. The number of nitrogens with one attached hydrogen (secondary N) is 1. The van der Waals surface area contributed by atoms with E-state index in [-0.39, 0.29) is 35.0 Å². The van der Waals surface area contributed by atoms with Crippen LogP contribution in [0.3, 0.4) is 0 Å². The first-order valence-electron chi connectivity index (χ1n) is 10.2. The van der Waals surface area contributed by atoms with Gasteiger partial charge in [-0.3, -0.25) is 14.4 Å². The van der Waals surface area contributed by atoms with Crippen molar-refractivity contribution >= 4 is 29.4 Å². The lowest BCUT2D eigenvalue weighted by molar-refractivity contribution is -0.139. The zero-order valence-corrected chi connectivity index (χ0v) is 18.9. The predicted octanol–water partition coefficient (Wildman–Crippen LogP) is 2.86. The SMILES string of the molecule is COC(=O)Cc1cc(=O)[nH]c(SCC(=O)N2N=C(c3ccc(C)cc3)C[C@@H]2c2ccco2)n1. The molecule has 1 atom stereocenters. The fourth-order valence-electron chi connectivity index (χ4n) is 3.42. The summed E-state index contributed by atoms with van der Waals surface area (Å²) < 4.78 is 10.2. The maximum absolute atomic E-state index is 13.1. The number of benzene rings is 1. The second-order valence-electron chi connectivity index (χ2n) is 7.47. The zero-order valence-electron chi connectivity index (χ0n) is 18.1. The van der Waals surface area contributed by atoms with Crippen LogP contribution in [0, 0.1) is 6.92 Å². The number of aromatic nitrogens is 2. The topological polar surface area (TPSA) is 118 Å². The van der Waals surface area contributed by atoms with E-state index in [1.807, 2.05) is 37.3 Å². The van der Waals surface area contributed by atoms with Gasteiger partial charge in [0.1, 0.15) is 11.8 Å². The highest BCUT2D eigenvalue weighted by Crippen LogP contribution is 2.33. The molecule has 0 bridgehead atoms. The minimum Gasteiger partial charge on any atom is -0.469 e. The van der Waals surface area contributed by atoms with E-state index in [0.717, 1.165) is 28.6 Å². The van der Waals surface area contributed by atoms with Crippen LogP contribution in [-0.4, -0.2) is 45.4 Å². The summed E-state index contributed by atoms with van der Waals surface area (Å²) in [4.78, 5) is 43.4. The summed E-state index contributed by atoms with van der Waals surface area (Å²) in [6.07, 6.45) is 1.97. The normalized spacial score (nSPS) is 15.4. The molecule has 170 valence electrons. The number of furan rings is 1. The Morgan fingerprint density at radius 1 is 1.27 bits per heavy atom. The summed E-state index contributed by atoms with van der Waals surface area (Å²) in [5.41, 5.74) is 2.74. The van der Waals surface area contributed by atoms with E-state index in [4.69, 9.17) is 4.42 Å². The Morgan fingerprint density at radius 2 is 2.06 bits per heavy atom. The van der Waals surface area contributed by atoms with E-state index in [0.29, 0.717) is 12.2 Å². The van der Waals surface area contributed by atoms with Crippen molar-refractivity contribution < 1.29 is 18.7 Å². The van der Waals surface area contributed by atoms with E-state index in [1.165, 1.54) is 18.2 Å². The molecule has 1 N–H and O–H groups in total. The van der Waals surface area contributed by atoms with Crippen LogP contribution >= 0.6 is 11.8 Å². The lowest BCUT2D eigenvalue weighted by Crippen LogP contribution is -2.28. The van der Waals surface area contributed by atoms with E-state index in [9.17, 15) is 14.4 Å². The summed E-state index contributed by atoms with van der Waals surface area (Å²) >= 11 is 1.07. The minimum atomic E-state index is -0.503. The monoisotopic (exact) mass is 466 g/mol. The Bertz CT molecular complexity index is 1230. The number of esters is 1. The molecule has 0 unspecified atom stereocenters. The van der Waals surface area contributed by atoms with E-state index in [1.54, 1.807) is 12.3 Å². The number of nitrogens with zero attached hydrogens (tertiary/aromatic N) is 3. The number of carbonyl (C=O) groups is 2. The summed E-state index contributed by atoms with van der Waals surface area (Å²) in [5, 5.41) is 6.27. The van der Waals surface area contributed by atoms with Gasteiger partial charge < -0.3 is 14.1 Å². The molecule has 4 rings (SSSR count). The van der Waals surface area contributed by atoms with Crippen LogP contribution in [0.25, 0.3) is 0 Å². The molecule has 1 aliphatic heterocycles. The number of hydrazone groups is 1. The lowest BCUT2D eigenvalue weighted by atomic mass is 10.0. The Kier molecular flexibility index (Phi) is 6.74. The van der Waals surface area contributed by atoms with E-state index < -0.39 is 11.5 Å². The number of hydrogen-bond donors (Lipinski definition) is 1. The Balaban J connectivity index is 1.52. The number of thioether (sulfide) groups is 1. The Morgan fingerprint density at radius 3 is 2.76 bits per heavy atom. The van der Waals surface area contributed by atoms with E-state index in [2.05, 4.69) is 19.8 Å². The van der Waals surface area contributed by atoms with Gasteiger partial charge >= 0.3 is 5.97 Å². The summed E-state index contributed by atoms with van der Waals surface area (Å²) in [5.74, 6) is -0.126. The van der Waals surface area contributed by atoms with Crippen molar-refractivity contribution in [3.05, 3.63) is 81.7 Å². The molecule has 3 aromatic rings. The number of aromatic amines is 1. The number of carbonyl (C=O) groups excluding carboxylic acids is 2. The molecule has 2 aromatic heterocycles. The first-order valence-corrected chi connectivity index (χ1v) is 11.2. The van der Waals surface area contributed by atoms with E-state index >= 15 is 0 Å². The quantitative estimate of drug-likeness (QED) is 0.323. The first-order chi connectivity index (χ1) is 15.9. The Labute approximate surface area is 193 Å². The van der Waals surface area contributed by atoms with Gasteiger partial charge in [-0.15, -0.1) is 0 Å². The fourth-order valence-corrected chi connectivity index (χ4v) is 4.17. The number of H-pyrrole nitrogens is 1. The first kappa shape index (κ1) is 22.5. The van der Waals surface area contributed by atoms with Crippen LogP contribution in [0.5, 0.6) is 0 Å². The molecule has 1 amide bonds.